The Balaban J connectivity index is -0.000000209. The molecule has 0 aromatic rings. The van der Waals surface area contributed by atoms with E-state index in [1.54, 1.807) is 14.2 Å². The second-order valence-corrected chi connectivity index (χ2v) is 13.5. The van der Waals surface area contributed by atoms with Gasteiger partial charge < -0.3 is 19.1 Å². The molecule has 0 amide bonds. The maximum atomic E-state index is 5.15. The maximum absolute atomic E-state index is 5.15. The Hall–Kier alpha value is -0.160. The van der Waals surface area contributed by atoms with Crippen LogP contribution in [0.15, 0.2) is 0 Å². The lowest BCUT2D eigenvalue weighted by molar-refractivity contribution is 0.185. The van der Waals surface area contributed by atoms with E-state index in [2.05, 4.69) is 81.1 Å². The first-order valence-electron chi connectivity index (χ1n) is 18.9. The summed E-state index contributed by atoms with van der Waals surface area (Å²) in [5.41, 5.74) is 0.542. The average Bonchev–Trinajstić information content (AvgIpc) is 3.51. The van der Waals surface area contributed by atoms with Crippen molar-refractivity contribution in [1.82, 2.24) is 4.90 Å². The Morgan fingerprint density at radius 1 is 0.628 bits per heavy atom. The molecule has 3 rings (SSSR count). The zero-order valence-electron chi connectivity index (χ0n) is 32.6. The zero-order valence-corrected chi connectivity index (χ0v) is 32.6. The number of nitrogens with zero attached hydrogens (tertiary/aromatic N) is 1. The van der Waals surface area contributed by atoms with Gasteiger partial charge in [-0.1, -0.05) is 140 Å². The first-order chi connectivity index (χ1) is 20.6. The van der Waals surface area contributed by atoms with Crippen molar-refractivity contribution < 1.29 is 14.2 Å². The van der Waals surface area contributed by atoms with Crippen molar-refractivity contribution in [3.05, 3.63) is 0 Å². The fraction of sp³-hybridized carbons (Fsp3) is 1.00. The summed E-state index contributed by atoms with van der Waals surface area (Å²) in [5, 5.41) is 0. The monoisotopic (exact) mass is 618 g/mol. The van der Waals surface area contributed by atoms with E-state index in [-0.39, 0.29) is 0 Å². The van der Waals surface area contributed by atoms with Crippen LogP contribution in [0.25, 0.3) is 0 Å². The molecule has 2 saturated heterocycles. The van der Waals surface area contributed by atoms with E-state index in [1.165, 1.54) is 110 Å². The van der Waals surface area contributed by atoms with E-state index in [1.807, 2.05) is 0 Å². The molecule has 266 valence electrons. The predicted molar refractivity (Wildman–Crippen MR) is 197 cm³/mol. The minimum absolute atomic E-state index is 0.542. The van der Waals surface area contributed by atoms with Crippen LogP contribution in [0.1, 0.15) is 179 Å². The molecule has 3 fully saturated rings. The van der Waals surface area contributed by atoms with E-state index in [4.69, 9.17) is 14.2 Å². The highest BCUT2D eigenvalue weighted by atomic mass is 16.5. The molecular weight excluding hydrogens is 530 g/mol. The number of likely N-dealkylation sites (tertiary alicyclic amines) is 1. The van der Waals surface area contributed by atoms with Crippen LogP contribution in [0.3, 0.4) is 0 Å². The van der Waals surface area contributed by atoms with E-state index < -0.39 is 0 Å². The summed E-state index contributed by atoms with van der Waals surface area (Å²) in [6.45, 7) is 32.1. The SMILES string of the molecule is CCC(C)(C)C.CCC1CCC1.CCC1CCOC1.CCCCC.CCCN1CCCCC1.CCCOC.CCCOC. The Morgan fingerprint density at radius 3 is 1.28 bits per heavy atom. The van der Waals surface area contributed by atoms with Gasteiger partial charge in [-0.3, -0.25) is 0 Å². The van der Waals surface area contributed by atoms with Gasteiger partial charge in [0, 0.05) is 40.6 Å². The fourth-order valence-electron chi connectivity index (χ4n) is 4.07. The first kappa shape index (κ1) is 49.7. The van der Waals surface area contributed by atoms with Gasteiger partial charge in [0.05, 0.1) is 0 Å². The Morgan fingerprint density at radius 2 is 1.12 bits per heavy atom. The third-order valence-electron chi connectivity index (χ3n) is 7.98. The molecule has 0 radical (unpaired) electrons. The number of piperidine rings is 1. The van der Waals surface area contributed by atoms with Crippen LogP contribution < -0.4 is 0 Å². The van der Waals surface area contributed by atoms with Crippen LogP contribution in [0.2, 0.25) is 0 Å². The van der Waals surface area contributed by atoms with Crippen molar-refractivity contribution in [1.29, 1.82) is 0 Å². The van der Waals surface area contributed by atoms with Gasteiger partial charge in [-0.15, -0.1) is 0 Å². The predicted octanol–water partition coefficient (Wildman–Crippen LogP) is 12.2. The molecule has 4 nitrogen and oxygen atoms in total. The van der Waals surface area contributed by atoms with Crippen LogP contribution in [-0.2, 0) is 14.2 Å². The van der Waals surface area contributed by atoms with Gasteiger partial charge >= 0.3 is 0 Å². The standard InChI is InChI=1S/C8H17N.C6H12O.C6H12.C6H14.C5H12.2C4H10O/c1-2-6-9-7-4-3-5-8-9;1-2-6-3-4-7-5-6;1-2-6-4-3-5-6;1-5-6(2,3)4;1-3-5-4-2;2*1-3-4-5-2/h2-8H2,1H3;6H,2-5H2,1H3;6H,2-5H2,1H3;5H2,1-4H3;3-5H2,1-2H3;2*3-4H2,1-2H3. The molecule has 2 aliphatic heterocycles. The molecule has 0 bridgehead atoms. The van der Waals surface area contributed by atoms with Gasteiger partial charge in [-0.05, 0) is 75.4 Å². The molecule has 1 unspecified atom stereocenters. The topological polar surface area (TPSA) is 30.9 Å². The Kier molecular flexibility index (Phi) is 48.4. The minimum atomic E-state index is 0.542. The van der Waals surface area contributed by atoms with E-state index >= 15 is 0 Å². The van der Waals surface area contributed by atoms with E-state index in [0.29, 0.717) is 5.41 Å². The summed E-state index contributed by atoms with van der Waals surface area (Å²) in [7, 11) is 3.42. The lowest BCUT2D eigenvalue weighted by Gasteiger charge is -2.25. The summed E-state index contributed by atoms with van der Waals surface area (Å²) >= 11 is 0. The zero-order chi connectivity index (χ0) is 33.6. The number of methoxy groups -OCH3 is 2. The molecule has 1 saturated carbocycles. The van der Waals surface area contributed by atoms with Gasteiger partial charge in [0.1, 0.15) is 0 Å². The third-order valence-corrected chi connectivity index (χ3v) is 7.98. The largest absolute Gasteiger partial charge is 0.385 e. The number of unbranched alkanes of at least 4 members (excludes halogenated alkanes) is 2. The molecule has 2 heterocycles. The second kappa shape index (κ2) is 41.8. The van der Waals surface area contributed by atoms with Crippen molar-refractivity contribution in [2.45, 2.75) is 179 Å². The molecule has 0 spiro atoms. The van der Waals surface area contributed by atoms with Gasteiger partial charge in [0.2, 0.25) is 0 Å². The normalized spacial score (nSPS) is 17.7. The molecule has 1 atom stereocenters. The molecule has 0 N–H and O–H groups in total. The Bertz CT molecular complexity index is 410. The van der Waals surface area contributed by atoms with Crippen molar-refractivity contribution in [2.75, 3.05) is 60.3 Å². The number of hydrogen-bond acceptors (Lipinski definition) is 4. The van der Waals surface area contributed by atoms with Crippen LogP contribution >= 0.6 is 0 Å². The van der Waals surface area contributed by atoms with Gasteiger partial charge in [-0.25, -0.2) is 0 Å². The molecular formula is C39H87NO3. The highest BCUT2D eigenvalue weighted by molar-refractivity contribution is 4.66. The highest BCUT2D eigenvalue weighted by Crippen LogP contribution is 2.28. The summed E-state index contributed by atoms with van der Waals surface area (Å²) < 4.78 is 14.5. The van der Waals surface area contributed by atoms with Crippen molar-refractivity contribution in [2.24, 2.45) is 17.3 Å². The van der Waals surface area contributed by atoms with E-state index in [9.17, 15) is 0 Å². The number of ether oxygens (including phenoxy) is 3. The molecule has 3 aliphatic rings. The lowest BCUT2D eigenvalue weighted by atomic mass is 9.84. The van der Waals surface area contributed by atoms with Crippen molar-refractivity contribution >= 4 is 0 Å². The van der Waals surface area contributed by atoms with Crippen molar-refractivity contribution in [3.63, 3.8) is 0 Å². The number of hydrogen-bond donors (Lipinski definition) is 0. The van der Waals surface area contributed by atoms with Crippen LogP contribution in [0.5, 0.6) is 0 Å². The van der Waals surface area contributed by atoms with Gasteiger partial charge in [0.25, 0.3) is 0 Å². The smallest absolute Gasteiger partial charge is 0.0495 e. The average molecular weight is 618 g/mol. The Labute approximate surface area is 275 Å². The van der Waals surface area contributed by atoms with E-state index in [0.717, 1.165) is 51.1 Å². The van der Waals surface area contributed by atoms with Gasteiger partial charge in [0.15, 0.2) is 0 Å². The molecule has 0 aromatic carbocycles. The molecule has 0 aromatic heterocycles. The summed E-state index contributed by atoms with van der Waals surface area (Å²) in [5.74, 6) is 1.99. The van der Waals surface area contributed by atoms with Crippen LogP contribution in [0.4, 0.5) is 0 Å². The summed E-state index contributed by atoms with van der Waals surface area (Å²) in [6.07, 6.45) is 21.7. The molecule has 43 heavy (non-hydrogen) atoms. The van der Waals surface area contributed by atoms with Crippen LogP contribution in [-0.4, -0.2) is 65.2 Å². The third kappa shape index (κ3) is 48.9. The number of rotatable bonds is 10. The highest BCUT2D eigenvalue weighted by Gasteiger charge is 2.13. The van der Waals surface area contributed by atoms with Gasteiger partial charge in [-0.2, -0.15) is 0 Å². The maximum Gasteiger partial charge on any atom is 0.0495 e. The molecule has 4 heteroatoms. The minimum Gasteiger partial charge on any atom is -0.385 e. The summed E-state index contributed by atoms with van der Waals surface area (Å²) in [4.78, 5) is 2.57. The van der Waals surface area contributed by atoms with Crippen molar-refractivity contribution in [3.8, 4) is 0 Å². The summed E-state index contributed by atoms with van der Waals surface area (Å²) in [6, 6.07) is 0. The lowest BCUT2D eigenvalue weighted by Crippen LogP contribution is -2.30. The fourth-order valence-corrected chi connectivity index (χ4v) is 4.07. The first-order valence-corrected chi connectivity index (χ1v) is 18.9. The quantitative estimate of drug-likeness (QED) is 0.244. The molecule has 1 aliphatic carbocycles. The second-order valence-electron chi connectivity index (χ2n) is 13.5. The van der Waals surface area contributed by atoms with Crippen LogP contribution in [0, 0.1) is 17.3 Å².